The number of hydrogen-bond acceptors (Lipinski definition) is 5. The summed E-state index contributed by atoms with van der Waals surface area (Å²) in [7, 11) is 0. The Bertz CT molecular complexity index is 803. The Balaban J connectivity index is 1.42. The van der Waals surface area contributed by atoms with Crippen LogP contribution in [0, 0.1) is 19.8 Å². The van der Waals surface area contributed by atoms with Crippen LogP contribution in [0.2, 0.25) is 0 Å². The summed E-state index contributed by atoms with van der Waals surface area (Å²) in [4.78, 5) is 30.3. The lowest BCUT2D eigenvalue weighted by Gasteiger charge is -2.37. The van der Waals surface area contributed by atoms with Gasteiger partial charge in [-0.15, -0.1) is 0 Å². The van der Waals surface area contributed by atoms with Crippen LogP contribution in [0.1, 0.15) is 43.5 Å². The lowest BCUT2D eigenvalue weighted by Crippen LogP contribution is -2.50. The van der Waals surface area contributed by atoms with Crippen LogP contribution >= 0.6 is 0 Å². The van der Waals surface area contributed by atoms with Crippen LogP contribution in [0.4, 0.5) is 5.82 Å². The molecule has 1 amide bonds. The van der Waals surface area contributed by atoms with E-state index < -0.39 is 0 Å². The number of hydrogen-bond donors (Lipinski definition) is 0. The van der Waals surface area contributed by atoms with Gasteiger partial charge in [-0.2, -0.15) is 0 Å². The smallest absolute Gasteiger partial charge is 0.225 e. The molecule has 0 unspecified atom stereocenters. The number of aryl methyl sites for hydroxylation is 1. The molecule has 2 aliphatic rings. The highest BCUT2D eigenvalue weighted by atomic mass is 16.2. The minimum absolute atomic E-state index is 0.253. The first-order valence-electron chi connectivity index (χ1n) is 10.00. The van der Waals surface area contributed by atoms with Crippen LogP contribution < -0.4 is 4.90 Å². The third kappa shape index (κ3) is 3.68. The van der Waals surface area contributed by atoms with Gasteiger partial charge < -0.3 is 9.80 Å². The number of imidazole rings is 1. The van der Waals surface area contributed by atoms with Gasteiger partial charge in [-0.05, 0) is 26.7 Å². The van der Waals surface area contributed by atoms with Crippen molar-refractivity contribution in [1.29, 1.82) is 0 Å². The zero-order chi connectivity index (χ0) is 18.8. The molecule has 2 fully saturated rings. The van der Waals surface area contributed by atoms with E-state index in [-0.39, 0.29) is 5.92 Å². The minimum Gasteiger partial charge on any atom is -0.353 e. The van der Waals surface area contributed by atoms with E-state index >= 15 is 0 Å². The summed E-state index contributed by atoms with van der Waals surface area (Å²) >= 11 is 0. The maximum absolute atomic E-state index is 12.7. The van der Waals surface area contributed by atoms with Crippen molar-refractivity contribution < 1.29 is 4.79 Å². The predicted octanol–water partition coefficient (Wildman–Crippen LogP) is 2.51. The Labute approximate surface area is 160 Å². The molecule has 0 spiro atoms. The summed E-state index contributed by atoms with van der Waals surface area (Å²) in [5.41, 5.74) is 2.09. The maximum atomic E-state index is 12.7. The molecular formula is C20H28N6O. The molecule has 3 heterocycles. The van der Waals surface area contributed by atoms with Gasteiger partial charge in [-0.25, -0.2) is 15.0 Å². The molecule has 7 nitrogen and oxygen atoms in total. The van der Waals surface area contributed by atoms with Gasteiger partial charge in [-0.3, -0.25) is 9.36 Å². The average Bonchev–Trinajstić information content (AvgIpc) is 3.07. The van der Waals surface area contributed by atoms with Gasteiger partial charge in [-0.1, -0.05) is 19.3 Å². The molecule has 0 atom stereocenters. The fourth-order valence-corrected chi connectivity index (χ4v) is 4.14. The van der Waals surface area contributed by atoms with Crippen molar-refractivity contribution in [3.63, 3.8) is 0 Å². The molecule has 2 aromatic heterocycles. The molecule has 0 radical (unpaired) electrons. The van der Waals surface area contributed by atoms with E-state index in [9.17, 15) is 4.79 Å². The zero-order valence-electron chi connectivity index (χ0n) is 16.3. The van der Waals surface area contributed by atoms with Crippen molar-refractivity contribution in [1.82, 2.24) is 24.4 Å². The van der Waals surface area contributed by atoms with E-state index in [2.05, 4.69) is 24.8 Å². The SMILES string of the molecule is Cc1ncn(-c2cc(N3CCN(C(=O)C4CCCCC4)CC3)ncn2)c1C. The van der Waals surface area contributed by atoms with Crippen molar-refractivity contribution in [2.45, 2.75) is 46.0 Å². The Morgan fingerprint density at radius 1 is 0.963 bits per heavy atom. The fraction of sp³-hybridized carbons (Fsp3) is 0.600. The highest BCUT2D eigenvalue weighted by molar-refractivity contribution is 5.79. The molecule has 4 rings (SSSR count). The first-order valence-corrected chi connectivity index (χ1v) is 10.00. The average molecular weight is 368 g/mol. The summed E-state index contributed by atoms with van der Waals surface area (Å²) in [6.45, 7) is 7.22. The van der Waals surface area contributed by atoms with Gasteiger partial charge in [0.2, 0.25) is 5.91 Å². The first kappa shape index (κ1) is 17.9. The van der Waals surface area contributed by atoms with Crippen molar-refractivity contribution in [3.05, 3.63) is 30.1 Å². The molecule has 27 heavy (non-hydrogen) atoms. The summed E-state index contributed by atoms with van der Waals surface area (Å²) in [6, 6.07) is 2.01. The lowest BCUT2D eigenvalue weighted by molar-refractivity contribution is -0.136. The second kappa shape index (κ2) is 7.66. The van der Waals surface area contributed by atoms with Crippen molar-refractivity contribution >= 4 is 11.7 Å². The number of anilines is 1. The van der Waals surface area contributed by atoms with Gasteiger partial charge in [0.25, 0.3) is 0 Å². The van der Waals surface area contributed by atoms with E-state index in [1.54, 1.807) is 12.7 Å². The van der Waals surface area contributed by atoms with Crippen LogP contribution in [0.15, 0.2) is 18.7 Å². The summed E-state index contributed by atoms with van der Waals surface area (Å²) in [5, 5.41) is 0. The second-order valence-corrected chi connectivity index (χ2v) is 7.67. The van der Waals surface area contributed by atoms with Crippen LogP contribution in [0.3, 0.4) is 0 Å². The maximum Gasteiger partial charge on any atom is 0.225 e. The van der Waals surface area contributed by atoms with Gasteiger partial charge in [0.05, 0.1) is 5.69 Å². The van der Waals surface area contributed by atoms with Crippen LogP contribution in [0.5, 0.6) is 0 Å². The topological polar surface area (TPSA) is 67.2 Å². The Hall–Kier alpha value is -2.44. The molecule has 1 aliphatic carbocycles. The zero-order valence-corrected chi connectivity index (χ0v) is 16.3. The van der Waals surface area contributed by atoms with Crippen molar-refractivity contribution in [2.75, 3.05) is 31.1 Å². The van der Waals surface area contributed by atoms with Crippen LogP contribution in [-0.2, 0) is 4.79 Å². The normalized spacial score (nSPS) is 18.7. The second-order valence-electron chi connectivity index (χ2n) is 7.67. The van der Waals surface area contributed by atoms with Crippen molar-refractivity contribution in [2.24, 2.45) is 5.92 Å². The van der Waals surface area contributed by atoms with Gasteiger partial charge >= 0.3 is 0 Å². The third-order valence-corrected chi connectivity index (χ3v) is 6.01. The fourth-order valence-electron chi connectivity index (χ4n) is 4.14. The molecule has 1 saturated heterocycles. The van der Waals surface area contributed by atoms with E-state index in [0.29, 0.717) is 5.91 Å². The lowest BCUT2D eigenvalue weighted by atomic mass is 9.88. The standard InChI is InChI=1S/C20H28N6O/c1-15-16(2)26(14-23-15)19-12-18(21-13-22-19)24-8-10-25(11-9-24)20(27)17-6-4-3-5-7-17/h12-14,17H,3-11H2,1-2H3. The monoisotopic (exact) mass is 368 g/mol. The molecule has 0 N–H and O–H groups in total. The van der Waals surface area contributed by atoms with Crippen molar-refractivity contribution in [3.8, 4) is 5.82 Å². The summed E-state index contributed by atoms with van der Waals surface area (Å²) < 4.78 is 1.99. The highest BCUT2D eigenvalue weighted by Crippen LogP contribution is 2.26. The molecule has 2 aromatic rings. The minimum atomic E-state index is 0.253. The number of aromatic nitrogens is 4. The van der Waals surface area contributed by atoms with E-state index in [1.807, 2.05) is 24.5 Å². The number of piperazine rings is 1. The molecular weight excluding hydrogens is 340 g/mol. The Morgan fingerprint density at radius 2 is 1.67 bits per heavy atom. The van der Waals surface area contributed by atoms with E-state index in [1.165, 1.54) is 19.3 Å². The largest absolute Gasteiger partial charge is 0.353 e. The van der Waals surface area contributed by atoms with Crippen LogP contribution in [0.25, 0.3) is 5.82 Å². The number of carbonyl (C=O) groups excluding carboxylic acids is 1. The summed E-state index contributed by atoms with van der Waals surface area (Å²) in [6.07, 6.45) is 9.23. The third-order valence-electron chi connectivity index (χ3n) is 6.01. The number of carbonyl (C=O) groups is 1. The predicted molar refractivity (Wildman–Crippen MR) is 104 cm³/mol. The molecule has 0 aromatic carbocycles. The molecule has 144 valence electrons. The molecule has 1 aliphatic heterocycles. The van der Waals surface area contributed by atoms with Gasteiger partial charge in [0.1, 0.15) is 24.3 Å². The molecule has 7 heteroatoms. The Morgan fingerprint density at radius 3 is 2.33 bits per heavy atom. The Kier molecular flexibility index (Phi) is 5.09. The van der Waals surface area contributed by atoms with Crippen LogP contribution in [-0.4, -0.2) is 56.5 Å². The van der Waals surface area contributed by atoms with E-state index in [4.69, 9.17) is 0 Å². The first-order chi connectivity index (χ1) is 13.1. The molecule has 0 bridgehead atoms. The van der Waals surface area contributed by atoms with Gasteiger partial charge in [0.15, 0.2) is 0 Å². The number of rotatable bonds is 3. The molecule has 1 saturated carbocycles. The van der Waals surface area contributed by atoms with Gasteiger partial charge in [0, 0.05) is 43.9 Å². The number of nitrogens with zero attached hydrogens (tertiary/aromatic N) is 6. The highest BCUT2D eigenvalue weighted by Gasteiger charge is 2.28. The summed E-state index contributed by atoms with van der Waals surface area (Å²) in [5.74, 6) is 2.36. The number of amides is 1. The quantitative estimate of drug-likeness (QED) is 0.833. The van der Waals surface area contributed by atoms with E-state index in [0.717, 1.165) is 62.0 Å².